The molecule has 0 amide bonds. The molecule has 0 spiro atoms. The molecule has 1 rings (SSSR count). The average Bonchev–Trinajstić information content (AvgIpc) is 2.03. The molecule has 0 fully saturated rings. The van der Waals surface area contributed by atoms with Gasteiger partial charge in [-0.3, -0.25) is 0 Å². The van der Waals surface area contributed by atoms with Crippen LogP contribution in [-0.2, 0) is 6.42 Å². The van der Waals surface area contributed by atoms with E-state index >= 15 is 0 Å². The largest absolute Gasteiger partial charge is 0.495 e. The second-order valence-electron chi connectivity index (χ2n) is 2.99. The van der Waals surface area contributed by atoms with E-state index in [1.54, 1.807) is 14.0 Å². The molecule has 0 saturated heterocycles. The molecule has 0 aliphatic rings. The monoisotopic (exact) mass is 244 g/mol. The third-order valence-corrected chi connectivity index (χ3v) is 2.39. The van der Waals surface area contributed by atoms with Gasteiger partial charge in [0.2, 0.25) is 0 Å². The molecule has 0 aromatic heterocycles. The van der Waals surface area contributed by atoms with E-state index < -0.39 is 0 Å². The highest BCUT2D eigenvalue weighted by Crippen LogP contribution is 2.29. The fraction of sp³-hybridized carbons (Fsp3) is 0.400. The lowest BCUT2D eigenvalue weighted by atomic mass is 10.1. The predicted molar refractivity (Wildman–Crippen MR) is 56.1 cm³/mol. The minimum atomic E-state index is -0.344. The van der Waals surface area contributed by atoms with Gasteiger partial charge in [0.15, 0.2) is 0 Å². The van der Waals surface area contributed by atoms with Gasteiger partial charge in [0.1, 0.15) is 5.75 Å². The molecule has 1 aromatic carbocycles. The Hall–Kier alpha value is -0.540. The molecule has 1 aromatic rings. The van der Waals surface area contributed by atoms with E-state index in [9.17, 15) is 5.11 Å². The molecule has 0 aliphatic heterocycles. The molecule has 1 unspecified atom stereocenters. The van der Waals surface area contributed by atoms with Crippen molar-refractivity contribution in [3.05, 3.63) is 28.2 Å². The maximum atomic E-state index is 9.25. The number of para-hydroxylation sites is 1. The maximum Gasteiger partial charge on any atom is 0.136 e. The molecule has 2 nitrogen and oxygen atoms in total. The van der Waals surface area contributed by atoms with Gasteiger partial charge in [-0.2, -0.15) is 0 Å². The van der Waals surface area contributed by atoms with Gasteiger partial charge in [0, 0.05) is 6.42 Å². The van der Waals surface area contributed by atoms with Crippen LogP contribution in [0.1, 0.15) is 12.5 Å². The highest BCUT2D eigenvalue weighted by atomic mass is 79.9. The van der Waals surface area contributed by atoms with Crippen LogP contribution in [0.4, 0.5) is 0 Å². The zero-order chi connectivity index (χ0) is 9.84. The van der Waals surface area contributed by atoms with Crippen LogP contribution in [0.15, 0.2) is 22.7 Å². The van der Waals surface area contributed by atoms with E-state index in [0.717, 1.165) is 15.8 Å². The molecule has 1 N–H and O–H groups in total. The Labute approximate surface area is 86.7 Å². The second kappa shape index (κ2) is 4.63. The first kappa shape index (κ1) is 10.5. The summed E-state index contributed by atoms with van der Waals surface area (Å²) in [6.45, 7) is 1.76. The first-order valence-corrected chi connectivity index (χ1v) is 4.94. The lowest BCUT2D eigenvalue weighted by Crippen LogP contribution is -2.05. The highest BCUT2D eigenvalue weighted by molar-refractivity contribution is 9.10. The molecular weight excluding hydrogens is 232 g/mol. The summed E-state index contributed by atoms with van der Waals surface area (Å²) in [6, 6.07) is 5.81. The van der Waals surface area contributed by atoms with Gasteiger partial charge in [0.25, 0.3) is 0 Å². The summed E-state index contributed by atoms with van der Waals surface area (Å²) < 4.78 is 6.14. The Bertz CT molecular complexity index is 284. The smallest absolute Gasteiger partial charge is 0.136 e. The summed E-state index contributed by atoms with van der Waals surface area (Å²) in [4.78, 5) is 0. The molecule has 3 heteroatoms. The lowest BCUT2D eigenvalue weighted by molar-refractivity contribution is 0.194. The van der Waals surface area contributed by atoms with Crippen LogP contribution in [0.25, 0.3) is 0 Å². The standard InChI is InChI=1S/C10H13BrO2/c1-7(12)6-8-4-3-5-9(11)10(8)13-2/h3-5,7,12H,6H2,1-2H3. The van der Waals surface area contributed by atoms with E-state index in [2.05, 4.69) is 15.9 Å². The number of ether oxygens (including phenoxy) is 1. The van der Waals surface area contributed by atoms with Crippen LogP contribution in [0.5, 0.6) is 5.75 Å². The van der Waals surface area contributed by atoms with E-state index in [4.69, 9.17) is 4.74 Å². The average molecular weight is 245 g/mol. The number of methoxy groups -OCH3 is 1. The number of aliphatic hydroxyl groups is 1. The Morgan fingerprint density at radius 1 is 1.54 bits per heavy atom. The Morgan fingerprint density at radius 3 is 2.77 bits per heavy atom. The van der Waals surface area contributed by atoms with Crippen molar-refractivity contribution in [2.45, 2.75) is 19.4 Å². The van der Waals surface area contributed by atoms with Crippen molar-refractivity contribution in [3.8, 4) is 5.75 Å². The Morgan fingerprint density at radius 2 is 2.23 bits per heavy atom. The van der Waals surface area contributed by atoms with Gasteiger partial charge in [-0.15, -0.1) is 0 Å². The number of hydrogen-bond donors (Lipinski definition) is 1. The van der Waals surface area contributed by atoms with Crippen LogP contribution >= 0.6 is 15.9 Å². The quantitative estimate of drug-likeness (QED) is 0.885. The molecule has 0 saturated carbocycles. The van der Waals surface area contributed by atoms with Crippen LogP contribution in [-0.4, -0.2) is 18.3 Å². The zero-order valence-corrected chi connectivity index (χ0v) is 9.34. The van der Waals surface area contributed by atoms with E-state index in [1.807, 2.05) is 18.2 Å². The third-order valence-electron chi connectivity index (χ3n) is 1.77. The van der Waals surface area contributed by atoms with Gasteiger partial charge in [-0.1, -0.05) is 12.1 Å². The number of hydrogen-bond acceptors (Lipinski definition) is 2. The summed E-state index contributed by atoms with van der Waals surface area (Å²) in [5, 5.41) is 9.25. The molecular formula is C10H13BrO2. The molecule has 0 aliphatic carbocycles. The van der Waals surface area contributed by atoms with Crippen LogP contribution in [0, 0.1) is 0 Å². The summed E-state index contributed by atoms with van der Waals surface area (Å²) in [5.74, 6) is 0.809. The summed E-state index contributed by atoms with van der Waals surface area (Å²) in [7, 11) is 1.63. The minimum absolute atomic E-state index is 0.344. The minimum Gasteiger partial charge on any atom is -0.495 e. The normalized spacial score (nSPS) is 12.6. The highest BCUT2D eigenvalue weighted by Gasteiger charge is 2.08. The van der Waals surface area contributed by atoms with Crippen molar-refractivity contribution in [2.24, 2.45) is 0 Å². The van der Waals surface area contributed by atoms with Crippen LogP contribution in [0.3, 0.4) is 0 Å². The third kappa shape index (κ3) is 2.71. The summed E-state index contributed by atoms with van der Waals surface area (Å²) >= 11 is 3.39. The fourth-order valence-electron chi connectivity index (χ4n) is 1.26. The van der Waals surface area contributed by atoms with Gasteiger partial charge in [0.05, 0.1) is 17.7 Å². The molecule has 0 bridgehead atoms. The van der Waals surface area contributed by atoms with Gasteiger partial charge in [-0.05, 0) is 34.5 Å². The number of aliphatic hydroxyl groups excluding tert-OH is 1. The SMILES string of the molecule is COc1c(Br)cccc1CC(C)O. The van der Waals surface area contributed by atoms with Crippen molar-refractivity contribution < 1.29 is 9.84 Å². The lowest BCUT2D eigenvalue weighted by Gasteiger charge is -2.11. The summed E-state index contributed by atoms with van der Waals surface area (Å²) in [6.07, 6.45) is 0.269. The summed E-state index contributed by atoms with van der Waals surface area (Å²) in [5.41, 5.74) is 1.02. The molecule has 13 heavy (non-hydrogen) atoms. The first-order chi connectivity index (χ1) is 6.15. The van der Waals surface area contributed by atoms with Gasteiger partial charge < -0.3 is 9.84 Å². The van der Waals surface area contributed by atoms with Gasteiger partial charge >= 0.3 is 0 Å². The van der Waals surface area contributed by atoms with E-state index in [1.165, 1.54) is 0 Å². The van der Waals surface area contributed by atoms with Crippen molar-refractivity contribution in [1.29, 1.82) is 0 Å². The van der Waals surface area contributed by atoms with Crippen molar-refractivity contribution in [2.75, 3.05) is 7.11 Å². The Balaban J connectivity index is 2.98. The first-order valence-electron chi connectivity index (χ1n) is 4.14. The van der Waals surface area contributed by atoms with Crippen molar-refractivity contribution in [1.82, 2.24) is 0 Å². The fourth-order valence-corrected chi connectivity index (χ4v) is 1.83. The zero-order valence-electron chi connectivity index (χ0n) is 7.75. The Kier molecular flexibility index (Phi) is 3.75. The topological polar surface area (TPSA) is 29.5 Å². The molecule has 0 heterocycles. The molecule has 1 atom stereocenters. The molecule has 0 radical (unpaired) electrons. The maximum absolute atomic E-state index is 9.25. The van der Waals surface area contributed by atoms with E-state index in [-0.39, 0.29) is 6.10 Å². The van der Waals surface area contributed by atoms with E-state index in [0.29, 0.717) is 6.42 Å². The number of benzene rings is 1. The van der Waals surface area contributed by atoms with Crippen LogP contribution in [0.2, 0.25) is 0 Å². The van der Waals surface area contributed by atoms with Gasteiger partial charge in [-0.25, -0.2) is 0 Å². The molecule has 72 valence electrons. The number of rotatable bonds is 3. The van der Waals surface area contributed by atoms with Crippen molar-refractivity contribution >= 4 is 15.9 Å². The number of halogens is 1. The van der Waals surface area contributed by atoms with Crippen LogP contribution < -0.4 is 4.74 Å². The predicted octanol–water partition coefficient (Wildman–Crippen LogP) is 2.38. The second-order valence-corrected chi connectivity index (χ2v) is 3.84. The van der Waals surface area contributed by atoms with Crippen molar-refractivity contribution in [3.63, 3.8) is 0 Å².